The van der Waals surface area contributed by atoms with Crippen molar-refractivity contribution in [2.45, 2.75) is 19.0 Å². The van der Waals surface area contributed by atoms with Crippen molar-refractivity contribution in [1.82, 2.24) is 0 Å². The molecule has 0 saturated heterocycles. The third kappa shape index (κ3) is 3.74. The number of halogens is 3. The Morgan fingerprint density at radius 1 is 1.10 bits per heavy atom. The molecule has 2 aromatic rings. The van der Waals surface area contributed by atoms with Crippen LogP contribution in [0.25, 0.3) is 11.1 Å². The molecule has 1 heterocycles. The predicted octanol–water partition coefficient (Wildman–Crippen LogP) is 5.25. The quantitative estimate of drug-likeness (QED) is 0.661. The number of carbonyl (C=O) groups is 1. The summed E-state index contributed by atoms with van der Waals surface area (Å²) in [6.45, 7) is 1.27. The molecule has 2 aromatic carbocycles. The van der Waals surface area contributed by atoms with Crippen LogP contribution in [0, 0.1) is 11.3 Å². The van der Waals surface area contributed by atoms with Crippen molar-refractivity contribution in [1.29, 1.82) is 5.26 Å². The summed E-state index contributed by atoms with van der Waals surface area (Å²) >= 11 is 0. The monoisotopic (exact) mass is 399 g/mol. The first-order chi connectivity index (χ1) is 13.8. The second kappa shape index (κ2) is 7.84. The fourth-order valence-electron chi connectivity index (χ4n) is 3.36. The van der Waals surface area contributed by atoms with Crippen molar-refractivity contribution in [2.75, 3.05) is 7.11 Å². The lowest BCUT2D eigenvalue weighted by Gasteiger charge is -2.30. The van der Waals surface area contributed by atoms with Gasteiger partial charge in [-0.25, -0.2) is 4.79 Å². The van der Waals surface area contributed by atoms with Crippen LogP contribution >= 0.6 is 0 Å². The van der Waals surface area contributed by atoms with Gasteiger partial charge in [0.05, 0.1) is 30.2 Å². The summed E-state index contributed by atoms with van der Waals surface area (Å²) in [5.74, 6) is -4.16. The SMILES string of the molecule is COC(=O)C1=C(C(F)(F)F)OC(C)=C(C#N)C1c1ccccc1-c1ccccc1. The Hall–Kier alpha value is -3.53. The summed E-state index contributed by atoms with van der Waals surface area (Å²) in [4.78, 5) is 12.4. The lowest BCUT2D eigenvalue weighted by atomic mass is 9.79. The van der Waals surface area contributed by atoms with Crippen molar-refractivity contribution in [3.05, 3.63) is 82.8 Å². The van der Waals surface area contributed by atoms with E-state index in [1.165, 1.54) is 6.92 Å². The molecule has 7 heteroatoms. The van der Waals surface area contributed by atoms with Gasteiger partial charge in [-0.1, -0.05) is 54.6 Å². The van der Waals surface area contributed by atoms with Crippen LogP contribution in [0.2, 0.25) is 0 Å². The van der Waals surface area contributed by atoms with Gasteiger partial charge in [0.15, 0.2) is 0 Å². The third-order valence-electron chi connectivity index (χ3n) is 4.60. The molecular formula is C22H16F3NO3. The van der Waals surface area contributed by atoms with Crippen LogP contribution in [0.4, 0.5) is 13.2 Å². The molecule has 0 radical (unpaired) electrons. The van der Waals surface area contributed by atoms with Gasteiger partial charge in [0.1, 0.15) is 5.76 Å². The molecule has 0 aliphatic carbocycles. The second-order valence-electron chi connectivity index (χ2n) is 6.30. The van der Waals surface area contributed by atoms with Gasteiger partial charge < -0.3 is 9.47 Å². The smallest absolute Gasteiger partial charge is 0.450 e. The molecular weight excluding hydrogens is 383 g/mol. The molecule has 0 amide bonds. The van der Waals surface area contributed by atoms with E-state index < -0.39 is 29.4 Å². The normalized spacial score (nSPS) is 16.9. The maximum Gasteiger partial charge on any atom is 0.450 e. The van der Waals surface area contributed by atoms with E-state index in [0.29, 0.717) is 11.1 Å². The fraction of sp³-hybridized carbons (Fsp3) is 0.182. The van der Waals surface area contributed by atoms with E-state index in [-0.39, 0.29) is 11.3 Å². The highest BCUT2D eigenvalue weighted by Crippen LogP contribution is 2.47. The summed E-state index contributed by atoms with van der Waals surface area (Å²) in [6, 6.07) is 17.6. The lowest BCUT2D eigenvalue weighted by Crippen LogP contribution is -2.29. The lowest BCUT2D eigenvalue weighted by molar-refractivity contribution is -0.143. The molecule has 3 rings (SSSR count). The maximum absolute atomic E-state index is 13.7. The molecule has 0 fully saturated rings. The van der Waals surface area contributed by atoms with Crippen LogP contribution in [0.5, 0.6) is 0 Å². The molecule has 1 aliphatic heterocycles. The van der Waals surface area contributed by atoms with E-state index in [0.717, 1.165) is 12.7 Å². The zero-order valence-corrected chi connectivity index (χ0v) is 15.6. The zero-order chi connectivity index (χ0) is 21.2. The Balaban J connectivity index is 2.35. The average molecular weight is 399 g/mol. The van der Waals surface area contributed by atoms with E-state index in [1.807, 2.05) is 12.1 Å². The molecule has 29 heavy (non-hydrogen) atoms. The summed E-state index contributed by atoms with van der Waals surface area (Å²) in [5, 5.41) is 9.67. The summed E-state index contributed by atoms with van der Waals surface area (Å²) in [6.07, 6.45) is -4.94. The van der Waals surface area contributed by atoms with E-state index in [9.17, 15) is 23.2 Å². The van der Waals surface area contributed by atoms with Crippen molar-refractivity contribution < 1.29 is 27.4 Å². The zero-order valence-electron chi connectivity index (χ0n) is 15.6. The minimum absolute atomic E-state index is 0.0817. The second-order valence-corrected chi connectivity index (χ2v) is 6.30. The number of carbonyl (C=O) groups excluding carboxylic acids is 1. The fourth-order valence-corrected chi connectivity index (χ4v) is 3.36. The first-order valence-electron chi connectivity index (χ1n) is 8.62. The Bertz CT molecular complexity index is 1050. The van der Waals surface area contributed by atoms with Crippen molar-refractivity contribution >= 4 is 5.97 Å². The molecule has 4 nitrogen and oxygen atoms in total. The molecule has 0 aromatic heterocycles. The Labute approximate surface area is 165 Å². The molecule has 148 valence electrons. The van der Waals surface area contributed by atoms with Crippen LogP contribution in [0.3, 0.4) is 0 Å². The molecule has 0 saturated carbocycles. The standard InChI is InChI=1S/C22H16F3NO3/c1-13-17(12-26)18(19(21(27)28-2)20(29-13)22(23,24)25)16-11-7-6-10-15(16)14-8-4-3-5-9-14/h3-11,18H,1-2H3. The molecule has 0 spiro atoms. The number of benzene rings is 2. The maximum atomic E-state index is 13.7. The first-order valence-corrected chi connectivity index (χ1v) is 8.62. The van der Waals surface area contributed by atoms with E-state index in [4.69, 9.17) is 4.74 Å². The highest BCUT2D eigenvalue weighted by molar-refractivity contribution is 5.93. The van der Waals surface area contributed by atoms with Crippen LogP contribution in [0.1, 0.15) is 18.4 Å². The topological polar surface area (TPSA) is 59.3 Å². The van der Waals surface area contributed by atoms with Crippen LogP contribution in [-0.2, 0) is 14.3 Å². The van der Waals surface area contributed by atoms with Gasteiger partial charge in [-0.05, 0) is 23.6 Å². The summed E-state index contributed by atoms with van der Waals surface area (Å²) in [7, 11) is 0.987. The largest absolute Gasteiger partial charge is 0.466 e. The molecule has 1 aliphatic rings. The highest BCUT2D eigenvalue weighted by Gasteiger charge is 2.48. The van der Waals surface area contributed by atoms with Crippen LogP contribution in [-0.4, -0.2) is 19.3 Å². The van der Waals surface area contributed by atoms with Gasteiger partial charge in [-0.2, -0.15) is 18.4 Å². The minimum Gasteiger partial charge on any atom is -0.466 e. The number of nitrogens with zero attached hydrogens (tertiary/aromatic N) is 1. The van der Waals surface area contributed by atoms with Gasteiger partial charge >= 0.3 is 12.1 Å². The predicted molar refractivity (Wildman–Crippen MR) is 99.1 cm³/mol. The summed E-state index contributed by atoms with van der Waals surface area (Å²) in [5.41, 5.74) is 0.887. The summed E-state index contributed by atoms with van der Waals surface area (Å²) < 4.78 is 50.7. The number of ether oxygens (including phenoxy) is 2. The molecule has 1 unspecified atom stereocenters. The number of alkyl halides is 3. The number of nitriles is 1. The van der Waals surface area contributed by atoms with Gasteiger partial charge in [0.25, 0.3) is 0 Å². The van der Waals surface area contributed by atoms with Crippen molar-refractivity contribution in [2.24, 2.45) is 0 Å². The number of methoxy groups -OCH3 is 1. The van der Waals surface area contributed by atoms with E-state index in [1.54, 1.807) is 48.5 Å². The molecule has 0 bridgehead atoms. The minimum atomic E-state index is -4.94. The van der Waals surface area contributed by atoms with E-state index in [2.05, 4.69) is 4.74 Å². The van der Waals surface area contributed by atoms with Crippen molar-refractivity contribution in [3.8, 4) is 17.2 Å². The highest BCUT2D eigenvalue weighted by atomic mass is 19.4. The number of allylic oxidation sites excluding steroid dienone is 3. The number of hydrogen-bond donors (Lipinski definition) is 0. The van der Waals surface area contributed by atoms with E-state index >= 15 is 0 Å². The number of esters is 1. The molecule has 0 N–H and O–H groups in total. The number of hydrogen-bond acceptors (Lipinski definition) is 4. The third-order valence-corrected chi connectivity index (χ3v) is 4.60. The first kappa shape index (κ1) is 20.2. The Morgan fingerprint density at radius 2 is 1.72 bits per heavy atom. The molecule has 1 atom stereocenters. The van der Waals surface area contributed by atoms with Crippen LogP contribution in [0.15, 0.2) is 77.3 Å². The Kier molecular flexibility index (Phi) is 5.46. The number of rotatable bonds is 3. The van der Waals surface area contributed by atoms with Crippen LogP contribution < -0.4 is 0 Å². The van der Waals surface area contributed by atoms with Crippen molar-refractivity contribution in [3.63, 3.8) is 0 Å². The van der Waals surface area contributed by atoms with Gasteiger partial charge in [-0.15, -0.1) is 0 Å². The Morgan fingerprint density at radius 3 is 2.31 bits per heavy atom. The van der Waals surface area contributed by atoms with Gasteiger partial charge in [0.2, 0.25) is 5.76 Å². The van der Waals surface area contributed by atoms with Gasteiger partial charge in [0, 0.05) is 0 Å². The average Bonchev–Trinajstić information content (AvgIpc) is 2.72. The van der Waals surface area contributed by atoms with Gasteiger partial charge in [-0.3, -0.25) is 0 Å².